The number of hydrogen-bond donors (Lipinski definition) is 2. The van der Waals surface area contributed by atoms with Crippen molar-refractivity contribution in [2.45, 2.75) is 32.1 Å². The summed E-state index contributed by atoms with van der Waals surface area (Å²) in [4.78, 5) is 5.09. The molecule has 0 aliphatic rings. The summed E-state index contributed by atoms with van der Waals surface area (Å²) in [5, 5.41) is 3.21. The summed E-state index contributed by atoms with van der Waals surface area (Å²) in [6.45, 7) is 1.82. The van der Waals surface area contributed by atoms with Crippen molar-refractivity contribution in [1.82, 2.24) is 4.98 Å². The van der Waals surface area contributed by atoms with Gasteiger partial charge in [0.1, 0.15) is 22.6 Å². The summed E-state index contributed by atoms with van der Waals surface area (Å²) < 4.78 is 32.9. The van der Waals surface area contributed by atoms with E-state index in [4.69, 9.17) is 21.8 Å². The summed E-state index contributed by atoms with van der Waals surface area (Å²) in [5.41, 5.74) is 7.43. The molecule has 2 atom stereocenters. The number of halogens is 4. The van der Waals surface area contributed by atoms with Gasteiger partial charge >= 0.3 is 0 Å². The second-order valence-electron chi connectivity index (χ2n) is 5.61. The van der Waals surface area contributed by atoms with Gasteiger partial charge in [-0.1, -0.05) is 11.6 Å². The molecule has 0 fully saturated rings. The summed E-state index contributed by atoms with van der Waals surface area (Å²) in [6.07, 6.45) is -0.940. The minimum absolute atomic E-state index is 0.224. The number of nitrogens with zero attached hydrogens (tertiary/aromatic N) is 1. The Labute approximate surface area is 160 Å². The Hall–Kier alpha value is -1.22. The molecule has 0 spiro atoms. The van der Waals surface area contributed by atoms with Crippen LogP contribution < -0.4 is 11.1 Å². The molecule has 0 radical (unpaired) electrons. The molecule has 0 saturated heterocycles. The Morgan fingerprint density at radius 1 is 1.48 bits per heavy atom. The molecule has 4 nitrogen and oxygen atoms in total. The zero-order chi connectivity index (χ0) is 18.1. The van der Waals surface area contributed by atoms with Gasteiger partial charge in [0.15, 0.2) is 10.7 Å². The number of fused-ring (bicyclic) bond motifs is 1. The van der Waals surface area contributed by atoms with Gasteiger partial charge in [-0.15, -0.1) is 11.3 Å². The molecule has 0 aromatic carbocycles. The lowest BCUT2D eigenvalue weighted by atomic mass is 10.1. The van der Waals surface area contributed by atoms with Crippen LogP contribution in [0.5, 0.6) is 0 Å². The number of nitrogens with two attached hydrogens (primary N) is 1. The average molecular weight is 451 g/mol. The molecule has 9 heteroatoms. The number of hydrogen-bond acceptors (Lipinski definition) is 5. The number of nitrogens with one attached hydrogen (secondary N) is 1. The first-order valence-electron chi connectivity index (χ1n) is 7.50. The van der Waals surface area contributed by atoms with E-state index in [1.165, 1.54) is 13.0 Å². The van der Waals surface area contributed by atoms with Crippen molar-refractivity contribution in [2.24, 2.45) is 5.73 Å². The SMILES string of the molecule is C[C@@H](F)[C@H](N)Cc1oc2c(NCc3ccc(F)s3)cc(Cl)nc2c1Br. The lowest BCUT2D eigenvalue weighted by Crippen LogP contribution is -2.31. The smallest absolute Gasteiger partial charge is 0.177 e. The van der Waals surface area contributed by atoms with Gasteiger partial charge in [0, 0.05) is 30.0 Å². The van der Waals surface area contributed by atoms with Gasteiger partial charge in [-0.3, -0.25) is 0 Å². The zero-order valence-electron chi connectivity index (χ0n) is 13.2. The molecule has 3 rings (SSSR count). The largest absolute Gasteiger partial charge is 0.456 e. The number of alkyl halides is 1. The quantitative estimate of drug-likeness (QED) is 0.501. The van der Waals surface area contributed by atoms with Gasteiger partial charge in [-0.25, -0.2) is 9.37 Å². The lowest BCUT2D eigenvalue weighted by molar-refractivity contribution is 0.295. The van der Waals surface area contributed by atoms with Gasteiger partial charge in [-0.05, 0) is 35.0 Å². The Balaban J connectivity index is 1.92. The molecular formula is C16H15BrClF2N3OS. The van der Waals surface area contributed by atoms with Crippen molar-refractivity contribution in [3.63, 3.8) is 0 Å². The molecule has 3 heterocycles. The van der Waals surface area contributed by atoms with Crippen LogP contribution in [0.3, 0.4) is 0 Å². The Morgan fingerprint density at radius 3 is 2.88 bits per heavy atom. The monoisotopic (exact) mass is 449 g/mol. The van der Waals surface area contributed by atoms with Crippen LogP contribution in [-0.4, -0.2) is 17.2 Å². The van der Waals surface area contributed by atoms with Gasteiger partial charge in [0.2, 0.25) is 0 Å². The Morgan fingerprint density at radius 2 is 2.24 bits per heavy atom. The third-order valence-corrected chi connectivity index (χ3v) is 5.60. The van der Waals surface area contributed by atoms with E-state index in [0.29, 0.717) is 33.6 Å². The minimum atomic E-state index is -1.16. The third-order valence-electron chi connectivity index (χ3n) is 3.71. The molecule has 0 amide bonds. The fourth-order valence-corrected chi connectivity index (χ4v) is 3.69. The van der Waals surface area contributed by atoms with Crippen molar-refractivity contribution in [3.05, 3.63) is 43.6 Å². The number of pyridine rings is 1. The van der Waals surface area contributed by atoms with Gasteiger partial charge in [0.05, 0.1) is 10.2 Å². The molecule has 25 heavy (non-hydrogen) atoms. The number of thiophene rings is 1. The molecule has 3 aromatic rings. The van der Waals surface area contributed by atoms with Crippen molar-refractivity contribution < 1.29 is 13.2 Å². The van der Waals surface area contributed by atoms with Crippen LogP contribution >= 0.6 is 38.9 Å². The number of furan rings is 1. The average Bonchev–Trinajstić information content (AvgIpc) is 3.10. The van der Waals surface area contributed by atoms with Crippen LogP contribution in [0.15, 0.2) is 27.1 Å². The normalized spacial score (nSPS) is 14.0. The Kier molecular flexibility index (Phi) is 5.62. The predicted molar refractivity (Wildman–Crippen MR) is 101 cm³/mol. The summed E-state index contributed by atoms with van der Waals surface area (Å²) in [7, 11) is 0. The van der Waals surface area contributed by atoms with Gasteiger partial charge in [-0.2, -0.15) is 4.39 Å². The van der Waals surface area contributed by atoms with E-state index in [-0.39, 0.29) is 16.7 Å². The van der Waals surface area contributed by atoms with E-state index in [1.54, 1.807) is 12.1 Å². The van der Waals surface area contributed by atoms with E-state index in [9.17, 15) is 8.78 Å². The highest BCUT2D eigenvalue weighted by molar-refractivity contribution is 9.10. The van der Waals surface area contributed by atoms with E-state index >= 15 is 0 Å². The van der Waals surface area contributed by atoms with E-state index in [0.717, 1.165) is 16.2 Å². The van der Waals surface area contributed by atoms with Gasteiger partial charge < -0.3 is 15.5 Å². The molecule has 0 saturated carbocycles. The van der Waals surface area contributed by atoms with Crippen LogP contribution in [0.25, 0.3) is 11.1 Å². The number of aromatic nitrogens is 1. The first-order valence-corrected chi connectivity index (χ1v) is 9.49. The molecular weight excluding hydrogens is 436 g/mol. The topological polar surface area (TPSA) is 64.1 Å². The molecule has 0 aliphatic carbocycles. The molecule has 0 unspecified atom stereocenters. The Bertz CT molecular complexity index is 899. The van der Waals surface area contributed by atoms with Crippen molar-refractivity contribution in [1.29, 1.82) is 0 Å². The highest BCUT2D eigenvalue weighted by Gasteiger charge is 2.21. The molecule has 0 bridgehead atoms. The van der Waals surface area contributed by atoms with Gasteiger partial charge in [0.25, 0.3) is 0 Å². The second-order valence-corrected chi connectivity index (χ2v) is 7.91. The molecule has 0 aliphatic heterocycles. The van der Waals surface area contributed by atoms with E-state index in [1.807, 2.05) is 0 Å². The lowest BCUT2D eigenvalue weighted by Gasteiger charge is -2.10. The zero-order valence-corrected chi connectivity index (χ0v) is 16.3. The highest BCUT2D eigenvalue weighted by Crippen LogP contribution is 2.36. The minimum Gasteiger partial charge on any atom is -0.456 e. The van der Waals surface area contributed by atoms with Crippen LogP contribution in [0.1, 0.15) is 17.6 Å². The van der Waals surface area contributed by atoms with Crippen LogP contribution in [0.4, 0.5) is 14.5 Å². The van der Waals surface area contributed by atoms with Crippen LogP contribution in [0, 0.1) is 5.13 Å². The first kappa shape index (κ1) is 18.6. The summed E-state index contributed by atoms with van der Waals surface area (Å²) >= 11 is 10.6. The molecule has 3 N–H and O–H groups in total. The molecule has 3 aromatic heterocycles. The van der Waals surface area contributed by atoms with Crippen molar-refractivity contribution >= 4 is 55.7 Å². The number of rotatable bonds is 6. The van der Waals surface area contributed by atoms with E-state index in [2.05, 4.69) is 26.2 Å². The summed E-state index contributed by atoms with van der Waals surface area (Å²) in [5.74, 6) is 0.506. The second kappa shape index (κ2) is 7.57. The fraction of sp³-hybridized carbons (Fsp3) is 0.312. The predicted octanol–water partition coefficient (Wildman–Crippen LogP) is 5.28. The van der Waals surface area contributed by atoms with Crippen LogP contribution in [0.2, 0.25) is 5.15 Å². The van der Waals surface area contributed by atoms with Crippen molar-refractivity contribution in [2.75, 3.05) is 5.32 Å². The van der Waals surface area contributed by atoms with Crippen LogP contribution in [-0.2, 0) is 13.0 Å². The number of anilines is 1. The van der Waals surface area contributed by atoms with Crippen molar-refractivity contribution in [3.8, 4) is 0 Å². The molecule has 134 valence electrons. The standard InChI is InChI=1S/C16H15BrClF2N3OS/c1-7(19)9(21)4-11-14(17)15-16(24-11)10(5-12(18)23-15)22-6-8-2-3-13(20)25-8/h2-3,5,7,9H,4,6,21H2,1H3,(H,22,23)/t7-,9-/m1/s1. The first-order chi connectivity index (χ1) is 11.8. The fourth-order valence-electron chi connectivity index (χ4n) is 2.32. The maximum atomic E-state index is 13.4. The highest BCUT2D eigenvalue weighted by atomic mass is 79.9. The summed E-state index contributed by atoms with van der Waals surface area (Å²) in [6, 6.07) is 4.07. The maximum Gasteiger partial charge on any atom is 0.177 e. The third kappa shape index (κ3) is 4.13. The maximum absolute atomic E-state index is 13.4. The van der Waals surface area contributed by atoms with E-state index < -0.39 is 12.2 Å².